The van der Waals surface area contributed by atoms with Crippen LogP contribution in [-0.2, 0) is 9.31 Å². The van der Waals surface area contributed by atoms with Crippen molar-refractivity contribution in [2.24, 2.45) is 0 Å². The lowest BCUT2D eigenvalue weighted by Gasteiger charge is -2.32. The largest absolute Gasteiger partial charge is 0.495 e. The molecule has 0 saturated carbocycles. The van der Waals surface area contributed by atoms with Crippen LogP contribution in [0.15, 0.2) is 54.6 Å². The summed E-state index contributed by atoms with van der Waals surface area (Å²) in [7, 11) is -0.373. The normalized spacial score (nSPS) is 19.0. The van der Waals surface area contributed by atoms with Gasteiger partial charge in [0.1, 0.15) is 0 Å². The summed E-state index contributed by atoms with van der Waals surface area (Å²) in [4.78, 5) is 3.56. The van der Waals surface area contributed by atoms with Crippen LogP contribution in [0.3, 0.4) is 0 Å². The van der Waals surface area contributed by atoms with Gasteiger partial charge in [-0.3, -0.25) is 0 Å². The van der Waals surface area contributed by atoms with Crippen molar-refractivity contribution in [3.63, 3.8) is 0 Å². The van der Waals surface area contributed by atoms with Crippen LogP contribution in [0.2, 0.25) is 0 Å². The average molecular weight is 343 g/mol. The number of H-pyrrole nitrogens is 1. The molecular formula is C22H22BNO2. The fourth-order valence-corrected chi connectivity index (χ4v) is 3.91. The maximum atomic E-state index is 6.35. The van der Waals surface area contributed by atoms with E-state index >= 15 is 0 Å². The van der Waals surface area contributed by atoms with Gasteiger partial charge in [0.15, 0.2) is 0 Å². The number of benzene rings is 3. The van der Waals surface area contributed by atoms with Gasteiger partial charge in [-0.15, -0.1) is 0 Å². The van der Waals surface area contributed by atoms with Crippen molar-refractivity contribution in [3.05, 3.63) is 54.6 Å². The molecule has 26 heavy (non-hydrogen) atoms. The summed E-state index contributed by atoms with van der Waals surface area (Å²) < 4.78 is 12.7. The van der Waals surface area contributed by atoms with E-state index in [2.05, 4.69) is 87.3 Å². The molecule has 1 aliphatic heterocycles. The van der Waals surface area contributed by atoms with Crippen molar-refractivity contribution < 1.29 is 9.31 Å². The molecule has 5 rings (SSSR count). The molecule has 1 aromatic heterocycles. The second kappa shape index (κ2) is 5.12. The molecule has 0 aliphatic carbocycles. The smallest absolute Gasteiger partial charge is 0.399 e. The van der Waals surface area contributed by atoms with Gasteiger partial charge in [-0.2, -0.15) is 0 Å². The Morgan fingerprint density at radius 2 is 1.42 bits per heavy atom. The van der Waals surface area contributed by atoms with Crippen LogP contribution in [0.4, 0.5) is 0 Å². The molecular weight excluding hydrogens is 321 g/mol. The Kier molecular flexibility index (Phi) is 3.14. The second-order valence-electron chi connectivity index (χ2n) is 8.19. The first-order valence-electron chi connectivity index (χ1n) is 9.15. The van der Waals surface area contributed by atoms with E-state index in [4.69, 9.17) is 9.31 Å². The predicted octanol–water partition coefficient (Wildman–Crippen LogP) is 4.77. The third-order valence-corrected chi connectivity index (χ3v) is 6.05. The van der Waals surface area contributed by atoms with Crippen LogP contribution in [0, 0.1) is 0 Å². The quantitative estimate of drug-likeness (QED) is 0.505. The minimum atomic E-state index is -0.373. The van der Waals surface area contributed by atoms with Gasteiger partial charge in [0.2, 0.25) is 0 Å². The molecule has 0 spiro atoms. The monoisotopic (exact) mass is 343 g/mol. The molecule has 3 aromatic carbocycles. The molecule has 2 heterocycles. The Hall–Kier alpha value is -2.30. The van der Waals surface area contributed by atoms with Gasteiger partial charge in [0.25, 0.3) is 0 Å². The van der Waals surface area contributed by atoms with Crippen molar-refractivity contribution in [2.45, 2.75) is 38.9 Å². The number of aromatic nitrogens is 1. The highest BCUT2D eigenvalue weighted by Gasteiger charge is 2.52. The van der Waals surface area contributed by atoms with E-state index < -0.39 is 0 Å². The molecule has 1 aliphatic rings. The topological polar surface area (TPSA) is 34.2 Å². The number of aromatic amines is 1. The van der Waals surface area contributed by atoms with Crippen LogP contribution >= 0.6 is 0 Å². The molecule has 0 atom stereocenters. The van der Waals surface area contributed by atoms with E-state index in [1.54, 1.807) is 0 Å². The van der Waals surface area contributed by atoms with E-state index in [9.17, 15) is 0 Å². The Labute approximate surface area is 153 Å². The maximum Gasteiger partial charge on any atom is 0.495 e. The van der Waals surface area contributed by atoms with Gasteiger partial charge < -0.3 is 14.3 Å². The van der Waals surface area contributed by atoms with Crippen LogP contribution < -0.4 is 5.46 Å². The van der Waals surface area contributed by atoms with Gasteiger partial charge in [-0.1, -0.05) is 42.5 Å². The molecule has 1 saturated heterocycles. The molecule has 0 radical (unpaired) electrons. The molecule has 1 fully saturated rings. The molecule has 0 bridgehead atoms. The molecule has 0 unspecified atom stereocenters. The highest BCUT2D eigenvalue weighted by Crippen LogP contribution is 2.38. The fourth-order valence-electron chi connectivity index (χ4n) is 3.91. The van der Waals surface area contributed by atoms with Crippen molar-refractivity contribution >= 4 is 45.2 Å². The van der Waals surface area contributed by atoms with Crippen LogP contribution in [0.25, 0.3) is 32.6 Å². The highest BCUT2D eigenvalue weighted by molar-refractivity contribution is 6.66. The van der Waals surface area contributed by atoms with Crippen molar-refractivity contribution in [1.29, 1.82) is 0 Å². The van der Waals surface area contributed by atoms with Gasteiger partial charge >= 0.3 is 7.12 Å². The molecule has 130 valence electrons. The number of rotatable bonds is 1. The lowest BCUT2D eigenvalue weighted by atomic mass is 9.76. The first-order valence-corrected chi connectivity index (χ1v) is 9.15. The van der Waals surface area contributed by atoms with E-state index in [1.807, 2.05) is 0 Å². The third kappa shape index (κ3) is 2.09. The number of hydrogen-bond donors (Lipinski definition) is 1. The first-order chi connectivity index (χ1) is 12.4. The summed E-state index contributed by atoms with van der Waals surface area (Å²) in [5, 5.41) is 4.92. The Morgan fingerprint density at radius 3 is 2.19 bits per heavy atom. The molecule has 4 aromatic rings. The third-order valence-electron chi connectivity index (χ3n) is 6.05. The van der Waals surface area contributed by atoms with E-state index in [1.165, 1.54) is 21.5 Å². The lowest BCUT2D eigenvalue weighted by Crippen LogP contribution is -2.41. The first kappa shape index (κ1) is 15.9. The minimum absolute atomic E-state index is 0.353. The Balaban J connectivity index is 1.83. The summed E-state index contributed by atoms with van der Waals surface area (Å²) in [6, 6.07) is 19.2. The maximum absolute atomic E-state index is 6.35. The summed E-state index contributed by atoms with van der Waals surface area (Å²) in [6.07, 6.45) is 0. The van der Waals surface area contributed by atoms with Gasteiger partial charge in [-0.25, -0.2) is 0 Å². The van der Waals surface area contributed by atoms with Gasteiger partial charge in [-0.05, 0) is 56.1 Å². The number of fused-ring (bicyclic) bond motifs is 5. The van der Waals surface area contributed by atoms with Crippen LogP contribution in [0.5, 0.6) is 0 Å². The van der Waals surface area contributed by atoms with E-state index in [0.29, 0.717) is 0 Å². The predicted molar refractivity (Wildman–Crippen MR) is 109 cm³/mol. The van der Waals surface area contributed by atoms with Crippen LogP contribution in [-0.4, -0.2) is 23.3 Å². The Bertz CT molecular complexity index is 1140. The molecule has 1 N–H and O–H groups in total. The zero-order valence-corrected chi connectivity index (χ0v) is 15.6. The average Bonchev–Trinajstić information content (AvgIpc) is 3.09. The summed E-state index contributed by atoms with van der Waals surface area (Å²) in [5.41, 5.74) is 2.64. The number of nitrogens with one attached hydrogen (secondary N) is 1. The number of hydrogen-bond acceptors (Lipinski definition) is 2. The second-order valence-corrected chi connectivity index (χ2v) is 8.19. The summed E-state index contributed by atoms with van der Waals surface area (Å²) >= 11 is 0. The van der Waals surface area contributed by atoms with Gasteiger partial charge in [0.05, 0.1) is 11.2 Å². The molecule has 4 heteroatoms. The SMILES string of the molecule is CC1(C)OB(c2cccc3[nH]c4ccc5ccccc5c4c23)OC1(C)C. The summed E-state index contributed by atoms with van der Waals surface area (Å²) in [6.45, 7) is 8.38. The Morgan fingerprint density at radius 1 is 0.731 bits per heavy atom. The van der Waals surface area contributed by atoms with Gasteiger partial charge in [0, 0.05) is 21.8 Å². The fraction of sp³-hybridized carbons (Fsp3) is 0.273. The highest BCUT2D eigenvalue weighted by atomic mass is 16.7. The van der Waals surface area contributed by atoms with E-state index in [-0.39, 0.29) is 18.3 Å². The molecule has 3 nitrogen and oxygen atoms in total. The summed E-state index contributed by atoms with van der Waals surface area (Å²) in [5.74, 6) is 0. The minimum Gasteiger partial charge on any atom is -0.399 e. The lowest BCUT2D eigenvalue weighted by molar-refractivity contribution is 0.00578. The van der Waals surface area contributed by atoms with E-state index in [0.717, 1.165) is 16.5 Å². The standard InChI is InChI=1S/C22H22BNO2/c1-21(2)22(3,4)26-23(25-21)16-10-7-11-17-20(16)19-15-9-6-5-8-14(15)12-13-18(19)24-17/h5-13,24H,1-4H3. The van der Waals surface area contributed by atoms with Crippen LogP contribution in [0.1, 0.15) is 27.7 Å². The zero-order chi connectivity index (χ0) is 18.1. The zero-order valence-electron chi connectivity index (χ0n) is 15.6. The van der Waals surface area contributed by atoms with Crippen molar-refractivity contribution in [1.82, 2.24) is 4.98 Å². The van der Waals surface area contributed by atoms with Crippen molar-refractivity contribution in [3.8, 4) is 0 Å². The molecule has 0 amide bonds. The van der Waals surface area contributed by atoms with Crippen molar-refractivity contribution in [2.75, 3.05) is 0 Å².